The maximum Gasteiger partial charge on any atom is 0.336 e. The number of Topliss-reactive ketones (excluding diaryl/α,β-unsaturated/α-hetero) is 1. The SMILES string of the molecule is CC#CCOc1ccc(C[C@@H](COC(C)=O)NC(=O)[C@@H](C=CCCCCCCC(=O)CCCCCCC)[C@@](O)(CCOC(C)=O)C(=O)O)cc1. The Labute approximate surface area is 297 Å². The fourth-order valence-electron chi connectivity index (χ4n) is 5.29. The summed E-state index contributed by atoms with van der Waals surface area (Å²) in [6.45, 7) is 5.90. The Bertz CT molecular complexity index is 1280. The summed E-state index contributed by atoms with van der Waals surface area (Å²) >= 11 is 0. The van der Waals surface area contributed by atoms with Crippen molar-refractivity contribution in [2.75, 3.05) is 19.8 Å². The van der Waals surface area contributed by atoms with Crippen molar-refractivity contribution in [3.63, 3.8) is 0 Å². The van der Waals surface area contributed by atoms with Crippen molar-refractivity contribution in [2.24, 2.45) is 5.92 Å². The lowest BCUT2D eigenvalue weighted by Gasteiger charge is -2.31. The summed E-state index contributed by atoms with van der Waals surface area (Å²) in [6, 6.07) is 6.31. The summed E-state index contributed by atoms with van der Waals surface area (Å²) < 4.78 is 15.6. The second kappa shape index (κ2) is 25.8. The Morgan fingerprint density at radius 1 is 0.900 bits per heavy atom. The van der Waals surface area contributed by atoms with Crippen molar-refractivity contribution < 1.29 is 48.4 Å². The van der Waals surface area contributed by atoms with Crippen LogP contribution < -0.4 is 10.1 Å². The normalized spacial score (nSPS) is 13.3. The largest absolute Gasteiger partial charge is 0.481 e. The first-order valence-electron chi connectivity index (χ1n) is 17.7. The van der Waals surface area contributed by atoms with E-state index in [0.29, 0.717) is 30.8 Å². The number of ketones is 1. The number of benzene rings is 1. The third kappa shape index (κ3) is 19.1. The van der Waals surface area contributed by atoms with Crippen LogP contribution in [0, 0.1) is 17.8 Å². The Hall–Kier alpha value is -4.17. The molecule has 0 fully saturated rings. The predicted molar refractivity (Wildman–Crippen MR) is 190 cm³/mol. The fraction of sp³-hybridized carbons (Fsp3) is 0.615. The number of carbonyl (C=O) groups is 5. The second-order valence-electron chi connectivity index (χ2n) is 12.5. The lowest BCUT2D eigenvalue weighted by molar-refractivity contribution is -0.170. The van der Waals surface area contributed by atoms with Gasteiger partial charge in [-0.2, -0.15) is 0 Å². The number of amides is 1. The molecule has 0 unspecified atom stereocenters. The molecule has 0 bridgehead atoms. The standard InChI is InChI=1S/C39H57NO10/c1-5-7-9-12-15-18-34(43)19-16-13-10-11-14-17-20-36(39(47,38(45)46)25-27-48-30(3)41)37(44)40-33(29-50-31(4)42)28-32-21-23-35(24-22-32)49-26-8-6-2/h17,20-24,33,36,47H,5,7,9-16,18-19,25-29H2,1-4H3,(H,40,44)(H,45,46)/t33-,36+,39-/m0/s1. The van der Waals surface area contributed by atoms with E-state index < -0.39 is 54.4 Å². The molecule has 1 amide bonds. The predicted octanol–water partition coefficient (Wildman–Crippen LogP) is 5.89. The number of aliphatic carboxylic acids is 1. The van der Waals surface area contributed by atoms with Gasteiger partial charge in [-0.25, -0.2) is 4.79 Å². The summed E-state index contributed by atoms with van der Waals surface area (Å²) in [6.07, 6.45) is 13.3. The van der Waals surface area contributed by atoms with Gasteiger partial charge in [-0.3, -0.25) is 19.2 Å². The van der Waals surface area contributed by atoms with E-state index in [1.165, 1.54) is 32.3 Å². The maximum atomic E-state index is 13.7. The first-order valence-corrected chi connectivity index (χ1v) is 17.7. The number of carbonyl (C=O) groups excluding carboxylic acids is 4. The molecule has 278 valence electrons. The van der Waals surface area contributed by atoms with Crippen molar-refractivity contribution >= 4 is 29.6 Å². The molecule has 0 saturated carbocycles. The van der Waals surface area contributed by atoms with Crippen LogP contribution in [0.3, 0.4) is 0 Å². The lowest BCUT2D eigenvalue weighted by atomic mass is 9.83. The van der Waals surface area contributed by atoms with Crippen LogP contribution in [-0.4, -0.2) is 71.3 Å². The minimum absolute atomic E-state index is 0.192. The topological polar surface area (TPSA) is 166 Å². The van der Waals surface area contributed by atoms with Gasteiger partial charge >= 0.3 is 17.9 Å². The van der Waals surface area contributed by atoms with E-state index in [0.717, 1.165) is 51.0 Å². The Morgan fingerprint density at radius 3 is 2.10 bits per heavy atom. The molecule has 3 atom stereocenters. The van der Waals surface area contributed by atoms with E-state index in [1.807, 2.05) is 0 Å². The van der Waals surface area contributed by atoms with Crippen LogP contribution in [-0.2, 0) is 39.9 Å². The van der Waals surface area contributed by atoms with Gasteiger partial charge in [0.15, 0.2) is 5.60 Å². The summed E-state index contributed by atoms with van der Waals surface area (Å²) in [5.74, 6) is 1.25. The van der Waals surface area contributed by atoms with Crippen molar-refractivity contribution in [3.05, 3.63) is 42.0 Å². The van der Waals surface area contributed by atoms with Gasteiger partial charge in [-0.05, 0) is 56.7 Å². The van der Waals surface area contributed by atoms with Gasteiger partial charge in [-0.1, -0.05) is 75.7 Å². The average molecular weight is 700 g/mol. The zero-order valence-corrected chi connectivity index (χ0v) is 30.3. The molecule has 50 heavy (non-hydrogen) atoms. The minimum Gasteiger partial charge on any atom is -0.481 e. The molecule has 0 saturated heterocycles. The molecule has 1 aromatic rings. The molecule has 0 spiro atoms. The van der Waals surface area contributed by atoms with Gasteiger partial charge in [-0.15, -0.1) is 5.92 Å². The number of rotatable bonds is 27. The molecular formula is C39H57NO10. The molecule has 0 radical (unpaired) electrons. The number of unbranched alkanes of at least 4 members (excludes halogenated alkanes) is 8. The zero-order valence-electron chi connectivity index (χ0n) is 30.3. The highest BCUT2D eigenvalue weighted by Gasteiger charge is 2.47. The van der Waals surface area contributed by atoms with Crippen molar-refractivity contribution in [2.45, 2.75) is 129 Å². The summed E-state index contributed by atoms with van der Waals surface area (Å²) in [4.78, 5) is 61.3. The van der Waals surface area contributed by atoms with Crippen molar-refractivity contribution in [3.8, 4) is 17.6 Å². The molecule has 11 heteroatoms. The van der Waals surface area contributed by atoms with Gasteiger partial charge in [0.05, 0.1) is 18.6 Å². The van der Waals surface area contributed by atoms with Crippen LogP contribution in [0.5, 0.6) is 5.75 Å². The highest BCUT2D eigenvalue weighted by molar-refractivity contribution is 5.90. The van der Waals surface area contributed by atoms with E-state index >= 15 is 0 Å². The van der Waals surface area contributed by atoms with E-state index in [2.05, 4.69) is 24.1 Å². The maximum absolute atomic E-state index is 13.7. The van der Waals surface area contributed by atoms with Crippen LogP contribution in [0.15, 0.2) is 36.4 Å². The molecular weight excluding hydrogens is 642 g/mol. The Kier molecular flexibility index (Phi) is 22.6. The first-order chi connectivity index (χ1) is 23.9. The van der Waals surface area contributed by atoms with Crippen LogP contribution in [0.4, 0.5) is 0 Å². The molecule has 11 nitrogen and oxygen atoms in total. The Balaban J connectivity index is 2.97. The highest BCUT2D eigenvalue weighted by Crippen LogP contribution is 2.26. The molecule has 0 aliphatic rings. The van der Waals surface area contributed by atoms with Crippen molar-refractivity contribution in [1.29, 1.82) is 0 Å². The molecule has 1 aromatic carbocycles. The van der Waals surface area contributed by atoms with E-state index in [-0.39, 0.29) is 19.6 Å². The lowest BCUT2D eigenvalue weighted by Crippen LogP contribution is -2.54. The van der Waals surface area contributed by atoms with Crippen LogP contribution in [0.1, 0.15) is 117 Å². The number of ether oxygens (including phenoxy) is 3. The molecule has 0 aliphatic carbocycles. The van der Waals surface area contributed by atoms with Gasteiger partial charge in [0.1, 0.15) is 24.7 Å². The number of esters is 2. The van der Waals surface area contributed by atoms with Gasteiger partial charge < -0.3 is 29.7 Å². The summed E-state index contributed by atoms with van der Waals surface area (Å²) in [5.41, 5.74) is -1.82. The number of carboxylic acid groups (broad SMARTS) is 1. The third-order valence-corrected chi connectivity index (χ3v) is 8.15. The van der Waals surface area contributed by atoms with E-state index in [1.54, 1.807) is 37.3 Å². The van der Waals surface area contributed by atoms with Crippen molar-refractivity contribution in [1.82, 2.24) is 5.32 Å². The Morgan fingerprint density at radius 2 is 1.52 bits per heavy atom. The van der Waals surface area contributed by atoms with E-state index in [4.69, 9.17) is 14.2 Å². The van der Waals surface area contributed by atoms with Gasteiger partial charge in [0.2, 0.25) is 5.91 Å². The summed E-state index contributed by atoms with van der Waals surface area (Å²) in [7, 11) is 0. The molecule has 1 rings (SSSR count). The smallest absolute Gasteiger partial charge is 0.336 e. The number of hydrogen-bond acceptors (Lipinski definition) is 9. The number of aliphatic hydroxyl groups is 1. The summed E-state index contributed by atoms with van der Waals surface area (Å²) in [5, 5.41) is 24.2. The second-order valence-corrected chi connectivity index (χ2v) is 12.5. The third-order valence-electron chi connectivity index (χ3n) is 8.15. The highest BCUT2D eigenvalue weighted by atomic mass is 16.5. The molecule has 0 aliphatic heterocycles. The van der Waals surface area contributed by atoms with E-state index in [9.17, 15) is 34.2 Å². The van der Waals surface area contributed by atoms with Crippen LogP contribution in [0.25, 0.3) is 0 Å². The number of hydrogen-bond donors (Lipinski definition) is 3. The zero-order chi connectivity index (χ0) is 37.2. The first kappa shape index (κ1) is 43.9. The number of nitrogens with one attached hydrogen (secondary N) is 1. The quantitative estimate of drug-likeness (QED) is 0.0436. The molecule has 0 heterocycles. The molecule has 0 aromatic heterocycles. The van der Waals surface area contributed by atoms with Gasteiger partial charge in [0, 0.05) is 33.1 Å². The van der Waals surface area contributed by atoms with Gasteiger partial charge in [0.25, 0.3) is 0 Å². The monoisotopic (exact) mass is 699 g/mol. The molecule has 3 N–H and O–H groups in total. The average Bonchev–Trinajstić information content (AvgIpc) is 3.06. The number of carboxylic acids is 1. The minimum atomic E-state index is -2.60. The van der Waals surface area contributed by atoms with Crippen LogP contribution >= 0.6 is 0 Å². The number of allylic oxidation sites excluding steroid dienone is 1. The van der Waals surface area contributed by atoms with Crippen LogP contribution in [0.2, 0.25) is 0 Å². The fourth-order valence-corrected chi connectivity index (χ4v) is 5.29.